The lowest BCUT2D eigenvalue weighted by molar-refractivity contribution is -0.136. The normalized spacial score (nSPS) is 10.9. The van der Waals surface area contributed by atoms with Crippen LogP contribution in [0.3, 0.4) is 0 Å². The molecule has 0 aliphatic rings. The maximum absolute atomic E-state index is 13.6. The summed E-state index contributed by atoms with van der Waals surface area (Å²) >= 11 is 0. The predicted octanol–water partition coefficient (Wildman–Crippen LogP) is 7.16. The molecule has 0 unspecified atom stereocenters. The van der Waals surface area contributed by atoms with Crippen LogP contribution in [0.1, 0.15) is 39.4 Å². The third kappa shape index (κ3) is 7.74. The van der Waals surface area contributed by atoms with Gasteiger partial charge in [0.05, 0.1) is 12.3 Å². The van der Waals surface area contributed by atoms with E-state index in [0.29, 0.717) is 29.4 Å². The fourth-order valence-electron chi connectivity index (χ4n) is 4.79. The molecule has 5 aromatic rings. The predicted molar refractivity (Wildman–Crippen MR) is 161 cm³/mol. The van der Waals surface area contributed by atoms with Crippen LogP contribution in [0.5, 0.6) is 5.75 Å². The minimum Gasteiger partial charge on any atom is -0.493 e. The lowest BCUT2D eigenvalue weighted by atomic mass is 10.0. The van der Waals surface area contributed by atoms with Crippen molar-refractivity contribution < 1.29 is 32.6 Å². The number of carboxylic acids is 1. The van der Waals surface area contributed by atoms with Crippen molar-refractivity contribution in [1.29, 1.82) is 0 Å². The Morgan fingerprint density at radius 1 is 0.864 bits per heavy atom. The number of carbonyl (C=O) groups excluding carboxylic acids is 1. The van der Waals surface area contributed by atoms with Crippen LogP contribution in [0.15, 0.2) is 95.4 Å². The second kappa shape index (κ2) is 13.8. The van der Waals surface area contributed by atoms with Crippen LogP contribution in [-0.4, -0.2) is 28.6 Å². The lowest BCUT2D eigenvalue weighted by Gasteiger charge is -2.13. The van der Waals surface area contributed by atoms with Crippen LogP contribution >= 0.6 is 0 Å². The molecular formula is C35H30F2N2O5. The van der Waals surface area contributed by atoms with E-state index in [1.807, 2.05) is 49.4 Å². The van der Waals surface area contributed by atoms with Crippen molar-refractivity contribution in [2.75, 3.05) is 6.61 Å². The molecule has 0 saturated heterocycles. The van der Waals surface area contributed by atoms with Gasteiger partial charge >= 0.3 is 5.97 Å². The van der Waals surface area contributed by atoms with E-state index < -0.39 is 23.5 Å². The van der Waals surface area contributed by atoms with Gasteiger partial charge in [-0.3, -0.25) is 9.59 Å². The highest BCUT2D eigenvalue weighted by molar-refractivity contribution is 5.96. The Kier molecular flexibility index (Phi) is 9.44. The molecule has 0 aliphatic heterocycles. The zero-order chi connectivity index (χ0) is 31.1. The van der Waals surface area contributed by atoms with E-state index in [9.17, 15) is 18.4 Å². The Balaban J connectivity index is 1.24. The van der Waals surface area contributed by atoms with Gasteiger partial charge in [0.25, 0.3) is 5.91 Å². The van der Waals surface area contributed by atoms with Crippen molar-refractivity contribution in [3.63, 3.8) is 0 Å². The molecule has 1 heterocycles. The highest BCUT2D eigenvalue weighted by Crippen LogP contribution is 2.26. The first-order chi connectivity index (χ1) is 21.2. The van der Waals surface area contributed by atoms with E-state index in [4.69, 9.17) is 14.3 Å². The highest BCUT2D eigenvalue weighted by atomic mass is 19.1. The third-order valence-corrected chi connectivity index (χ3v) is 7.05. The third-order valence-electron chi connectivity index (χ3n) is 7.05. The molecule has 0 spiro atoms. The molecule has 2 N–H and O–H groups in total. The number of nitrogens with zero attached hydrogens (tertiary/aromatic N) is 1. The Morgan fingerprint density at radius 2 is 1.55 bits per heavy atom. The van der Waals surface area contributed by atoms with Crippen molar-refractivity contribution in [2.24, 2.45) is 0 Å². The first-order valence-electron chi connectivity index (χ1n) is 14.1. The number of benzene rings is 4. The van der Waals surface area contributed by atoms with Crippen LogP contribution < -0.4 is 10.1 Å². The summed E-state index contributed by atoms with van der Waals surface area (Å²) in [6.45, 7) is 1.98. The smallest absolute Gasteiger partial charge is 0.303 e. The molecule has 0 aliphatic carbocycles. The summed E-state index contributed by atoms with van der Waals surface area (Å²) < 4.78 is 39.0. The Morgan fingerprint density at radius 3 is 2.25 bits per heavy atom. The molecule has 7 nitrogen and oxygen atoms in total. The summed E-state index contributed by atoms with van der Waals surface area (Å²) in [6.07, 6.45) is 0.406. The zero-order valence-corrected chi connectivity index (χ0v) is 24.0. The van der Waals surface area contributed by atoms with Crippen molar-refractivity contribution >= 4 is 11.9 Å². The van der Waals surface area contributed by atoms with E-state index >= 15 is 0 Å². The Hall–Kier alpha value is -5.31. The van der Waals surface area contributed by atoms with Gasteiger partial charge in [-0.25, -0.2) is 13.8 Å². The van der Waals surface area contributed by atoms with Crippen LogP contribution in [-0.2, 0) is 24.2 Å². The SMILES string of the molecule is Cc1oc(-c2ccc(-c3ccccc3)cc2)nc1CCOc1ccc(CCC(=O)O)c(C(=O)NCc2cc(F)cc(F)c2)c1. The summed E-state index contributed by atoms with van der Waals surface area (Å²) in [5, 5.41) is 11.8. The van der Waals surface area contributed by atoms with Crippen LogP contribution in [0, 0.1) is 18.6 Å². The number of aliphatic carboxylic acids is 1. The van der Waals surface area contributed by atoms with E-state index in [1.165, 1.54) is 6.07 Å². The number of nitrogens with one attached hydrogen (secondary N) is 1. The number of hydrogen-bond donors (Lipinski definition) is 2. The standard InChI is InChI=1S/C35H30F2N2O5/c1-22-32(39-35(44-22)27-9-7-25(8-10-27)24-5-3-2-4-6-24)15-16-43-30-13-11-26(12-14-33(40)41)31(20-30)34(42)38-21-23-17-28(36)19-29(37)18-23/h2-11,13,17-20H,12,14-16,21H2,1H3,(H,38,42)(H,40,41). The molecule has 5 rings (SSSR count). The molecule has 1 aromatic heterocycles. The Bertz CT molecular complexity index is 1750. The summed E-state index contributed by atoms with van der Waals surface area (Å²) in [5.41, 5.74) is 4.80. The van der Waals surface area contributed by atoms with Gasteiger partial charge < -0.3 is 19.6 Å². The number of hydrogen-bond acceptors (Lipinski definition) is 5. The van der Waals surface area contributed by atoms with Gasteiger partial charge in [-0.05, 0) is 72.0 Å². The highest BCUT2D eigenvalue weighted by Gasteiger charge is 2.16. The molecule has 4 aromatic carbocycles. The average Bonchev–Trinajstić information content (AvgIpc) is 3.39. The van der Waals surface area contributed by atoms with Gasteiger partial charge in [0.2, 0.25) is 5.89 Å². The molecule has 224 valence electrons. The van der Waals surface area contributed by atoms with E-state index in [1.54, 1.807) is 12.1 Å². The maximum Gasteiger partial charge on any atom is 0.303 e. The largest absolute Gasteiger partial charge is 0.493 e. The number of carbonyl (C=O) groups is 2. The number of halogens is 2. The minimum absolute atomic E-state index is 0.111. The number of aromatic nitrogens is 1. The van der Waals surface area contributed by atoms with Crippen molar-refractivity contribution in [1.82, 2.24) is 10.3 Å². The zero-order valence-electron chi connectivity index (χ0n) is 24.0. The lowest BCUT2D eigenvalue weighted by Crippen LogP contribution is -2.24. The molecule has 44 heavy (non-hydrogen) atoms. The number of ether oxygens (including phenoxy) is 1. The minimum atomic E-state index is -0.999. The fraction of sp³-hybridized carbons (Fsp3) is 0.171. The topological polar surface area (TPSA) is 102 Å². The first kappa shape index (κ1) is 30.2. The number of rotatable bonds is 12. The van der Waals surface area contributed by atoms with Crippen molar-refractivity contribution in [3.8, 4) is 28.3 Å². The van der Waals surface area contributed by atoms with Gasteiger partial charge in [-0.15, -0.1) is 0 Å². The van der Waals surface area contributed by atoms with Crippen LogP contribution in [0.25, 0.3) is 22.6 Å². The number of oxazole rings is 1. The summed E-state index contributed by atoms with van der Waals surface area (Å²) in [4.78, 5) is 28.9. The molecular weight excluding hydrogens is 566 g/mol. The van der Waals surface area contributed by atoms with E-state index in [0.717, 1.165) is 40.6 Å². The van der Waals surface area contributed by atoms with Crippen molar-refractivity contribution in [3.05, 3.63) is 131 Å². The quantitative estimate of drug-likeness (QED) is 0.158. The van der Waals surface area contributed by atoms with Crippen LogP contribution in [0.2, 0.25) is 0 Å². The second-order valence-corrected chi connectivity index (χ2v) is 10.2. The first-order valence-corrected chi connectivity index (χ1v) is 14.1. The molecule has 9 heteroatoms. The Labute approximate surface area is 253 Å². The fourth-order valence-corrected chi connectivity index (χ4v) is 4.79. The molecule has 0 saturated carbocycles. The van der Waals surface area contributed by atoms with Crippen LogP contribution in [0.4, 0.5) is 8.78 Å². The van der Waals surface area contributed by atoms with Gasteiger partial charge in [0.1, 0.15) is 23.1 Å². The summed E-state index contributed by atoms with van der Waals surface area (Å²) in [7, 11) is 0. The summed E-state index contributed by atoms with van der Waals surface area (Å²) in [6, 6.07) is 25.9. The number of amides is 1. The van der Waals surface area contributed by atoms with Gasteiger partial charge in [-0.2, -0.15) is 0 Å². The number of aryl methyl sites for hydroxylation is 2. The molecule has 1 amide bonds. The molecule has 0 atom stereocenters. The molecule has 0 radical (unpaired) electrons. The van der Waals surface area contributed by atoms with Gasteiger partial charge in [0.15, 0.2) is 0 Å². The molecule has 0 bridgehead atoms. The van der Waals surface area contributed by atoms with Gasteiger partial charge in [-0.1, -0.05) is 48.5 Å². The van der Waals surface area contributed by atoms with E-state index in [2.05, 4.69) is 22.4 Å². The second-order valence-electron chi connectivity index (χ2n) is 10.2. The molecule has 0 fully saturated rings. The maximum atomic E-state index is 13.6. The average molecular weight is 597 g/mol. The number of carboxylic acid groups (broad SMARTS) is 1. The summed E-state index contributed by atoms with van der Waals surface area (Å²) in [5.74, 6) is -1.42. The van der Waals surface area contributed by atoms with Crippen molar-refractivity contribution in [2.45, 2.75) is 32.7 Å². The monoisotopic (exact) mass is 596 g/mol. The van der Waals surface area contributed by atoms with E-state index in [-0.39, 0.29) is 37.1 Å². The van der Waals surface area contributed by atoms with Gasteiger partial charge in [0, 0.05) is 36.6 Å².